The lowest BCUT2D eigenvalue weighted by Crippen LogP contribution is -2.52. The molecule has 3 N–H and O–H groups in total. The molecule has 1 aliphatic heterocycles. The van der Waals surface area contributed by atoms with Crippen LogP contribution in [0.5, 0.6) is 0 Å². The Hall–Kier alpha value is -0.900. The van der Waals surface area contributed by atoms with Gasteiger partial charge in [0.15, 0.2) is 0 Å². The molecule has 0 saturated carbocycles. The number of hydrogen-bond acceptors (Lipinski definition) is 3. The summed E-state index contributed by atoms with van der Waals surface area (Å²) in [5, 5.41) is 3.57. The van der Waals surface area contributed by atoms with E-state index in [4.69, 9.17) is 10.5 Å². The highest BCUT2D eigenvalue weighted by atomic mass is 16.5. The lowest BCUT2D eigenvalue weighted by atomic mass is 9.94. The van der Waals surface area contributed by atoms with Gasteiger partial charge in [0.2, 0.25) is 0 Å². The van der Waals surface area contributed by atoms with Crippen LogP contribution in [0.4, 0.5) is 0 Å². The number of nitrogens with two attached hydrogens (primary N) is 1. The first-order valence-electron chi connectivity index (χ1n) is 6.80. The number of rotatable bonds is 5. The van der Waals surface area contributed by atoms with Crippen molar-refractivity contribution in [2.24, 2.45) is 5.73 Å². The average molecular weight is 248 g/mol. The largest absolute Gasteiger partial charge is 0.380 e. The summed E-state index contributed by atoms with van der Waals surface area (Å²) in [5.41, 5.74) is 7.58. The molecule has 1 saturated heterocycles. The van der Waals surface area contributed by atoms with E-state index in [1.165, 1.54) is 12.0 Å². The van der Waals surface area contributed by atoms with E-state index >= 15 is 0 Å². The lowest BCUT2D eigenvalue weighted by molar-refractivity contribution is 0.0281. The lowest BCUT2D eigenvalue weighted by Gasteiger charge is -2.35. The van der Waals surface area contributed by atoms with Gasteiger partial charge in [-0.25, -0.2) is 0 Å². The third-order valence-corrected chi connectivity index (χ3v) is 3.57. The number of ether oxygens (including phenoxy) is 1. The van der Waals surface area contributed by atoms with Crippen LogP contribution < -0.4 is 11.1 Å². The fourth-order valence-corrected chi connectivity index (χ4v) is 2.44. The Morgan fingerprint density at radius 1 is 1.39 bits per heavy atom. The Morgan fingerprint density at radius 3 is 2.83 bits per heavy atom. The zero-order chi connectivity index (χ0) is 12.8. The zero-order valence-corrected chi connectivity index (χ0v) is 11.2. The Balaban J connectivity index is 1.76. The van der Waals surface area contributed by atoms with Crippen molar-refractivity contribution in [3.05, 3.63) is 35.9 Å². The Bertz CT molecular complexity index is 347. The van der Waals surface area contributed by atoms with Crippen LogP contribution in [0.2, 0.25) is 0 Å². The van der Waals surface area contributed by atoms with Crippen LogP contribution in [0.1, 0.15) is 25.3 Å². The van der Waals surface area contributed by atoms with Crippen molar-refractivity contribution in [2.45, 2.75) is 37.8 Å². The Morgan fingerprint density at radius 2 is 2.17 bits per heavy atom. The molecule has 100 valence electrons. The minimum absolute atomic E-state index is 0.104. The molecule has 3 heteroatoms. The highest BCUT2D eigenvalue weighted by Gasteiger charge is 2.27. The number of benzene rings is 1. The molecule has 0 aromatic heterocycles. The van der Waals surface area contributed by atoms with Crippen molar-refractivity contribution in [1.29, 1.82) is 0 Å². The second kappa shape index (κ2) is 6.32. The second-order valence-electron chi connectivity index (χ2n) is 5.55. The van der Waals surface area contributed by atoms with Crippen molar-refractivity contribution in [1.82, 2.24) is 5.32 Å². The van der Waals surface area contributed by atoms with Crippen molar-refractivity contribution < 1.29 is 4.74 Å². The summed E-state index contributed by atoms with van der Waals surface area (Å²) in [7, 11) is 0. The Kier molecular flexibility index (Phi) is 4.75. The topological polar surface area (TPSA) is 47.3 Å². The predicted octanol–water partition coefficient (Wildman–Crippen LogP) is 1.72. The number of hydrogen-bond donors (Lipinski definition) is 2. The summed E-state index contributed by atoms with van der Waals surface area (Å²) in [6.07, 6.45) is 3.23. The third kappa shape index (κ3) is 4.09. The van der Waals surface area contributed by atoms with Gasteiger partial charge in [-0.1, -0.05) is 30.3 Å². The van der Waals surface area contributed by atoms with E-state index in [0.717, 1.165) is 32.6 Å². The van der Waals surface area contributed by atoms with E-state index in [1.807, 2.05) is 6.07 Å². The monoisotopic (exact) mass is 248 g/mol. The Labute approximate surface area is 110 Å². The molecular formula is C15H24N2O. The van der Waals surface area contributed by atoms with Gasteiger partial charge in [-0.15, -0.1) is 0 Å². The predicted molar refractivity (Wildman–Crippen MR) is 74.6 cm³/mol. The summed E-state index contributed by atoms with van der Waals surface area (Å²) in [4.78, 5) is 0. The molecule has 0 amide bonds. The first-order valence-corrected chi connectivity index (χ1v) is 6.80. The molecule has 18 heavy (non-hydrogen) atoms. The van der Waals surface area contributed by atoms with Gasteiger partial charge < -0.3 is 15.8 Å². The second-order valence-corrected chi connectivity index (χ2v) is 5.55. The van der Waals surface area contributed by atoms with Crippen molar-refractivity contribution in [2.75, 3.05) is 19.8 Å². The quantitative estimate of drug-likeness (QED) is 0.834. The molecule has 0 spiro atoms. The molecule has 0 aliphatic carbocycles. The maximum atomic E-state index is 6.18. The summed E-state index contributed by atoms with van der Waals surface area (Å²) < 4.78 is 5.53. The molecule has 1 aromatic carbocycles. The molecule has 2 unspecified atom stereocenters. The molecule has 1 fully saturated rings. The summed E-state index contributed by atoms with van der Waals surface area (Å²) in [5.74, 6) is 0. The molecule has 0 radical (unpaired) electrons. The van der Waals surface area contributed by atoms with Crippen molar-refractivity contribution in [3.63, 3.8) is 0 Å². The highest BCUT2D eigenvalue weighted by Crippen LogP contribution is 2.18. The molecule has 1 aromatic rings. The SMILES string of the molecule is CC1(NCC(N)Cc2ccccc2)CCCOC1. The van der Waals surface area contributed by atoms with Gasteiger partial charge >= 0.3 is 0 Å². The third-order valence-electron chi connectivity index (χ3n) is 3.57. The molecule has 0 bridgehead atoms. The molecule has 1 aliphatic rings. The van der Waals surface area contributed by atoms with Gasteiger partial charge in [0.05, 0.1) is 6.61 Å². The standard InChI is InChI=1S/C15H24N2O/c1-15(8-5-9-18-12-15)17-11-14(16)10-13-6-3-2-4-7-13/h2-4,6-7,14,17H,5,8-12,16H2,1H3. The maximum Gasteiger partial charge on any atom is 0.0645 e. The van der Waals surface area contributed by atoms with Crippen molar-refractivity contribution >= 4 is 0 Å². The van der Waals surface area contributed by atoms with Crippen LogP contribution in [0.15, 0.2) is 30.3 Å². The van der Waals surface area contributed by atoms with E-state index in [-0.39, 0.29) is 11.6 Å². The van der Waals surface area contributed by atoms with Gasteiger partial charge in [0.25, 0.3) is 0 Å². The van der Waals surface area contributed by atoms with Gasteiger partial charge in [-0.05, 0) is 31.7 Å². The summed E-state index contributed by atoms with van der Waals surface area (Å²) in [6.45, 7) is 4.76. The van der Waals surface area contributed by atoms with Crippen LogP contribution in [0, 0.1) is 0 Å². The maximum absolute atomic E-state index is 6.18. The first-order chi connectivity index (χ1) is 8.68. The van der Waals surface area contributed by atoms with E-state index in [1.54, 1.807) is 0 Å². The van der Waals surface area contributed by atoms with E-state index < -0.39 is 0 Å². The van der Waals surface area contributed by atoms with E-state index in [2.05, 4.69) is 36.5 Å². The summed E-state index contributed by atoms with van der Waals surface area (Å²) in [6, 6.07) is 10.6. The van der Waals surface area contributed by atoms with Crippen LogP contribution in [-0.2, 0) is 11.2 Å². The average Bonchev–Trinajstić information content (AvgIpc) is 2.39. The minimum Gasteiger partial charge on any atom is -0.380 e. The molecule has 2 atom stereocenters. The van der Waals surface area contributed by atoms with Gasteiger partial charge in [-0.3, -0.25) is 0 Å². The minimum atomic E-state index is 0.104. The van der Waals surface area contributed by atoms with Crippen LogP contribution >= 0.6 is 0 Å². The number of nitrogens with one attached hydrogen (secondary N) is 1. The normalized spacial score (nSPS) is 25.9. The first kappa shape index (κ1) is 13.5. The summed E-state index contributed by atoms with van der Waals surface area (Å²) >= 11 is 0. The molecule has 2 rings (SSSR count). The van der Waals surface area contributed by atoms with Crippen molar-refractivity contribution in [3.8, 4) is 0 Å². The fraction of sp³-hybridized carbons (Fsp3) is 0.600. The smallest absolute Gasteiger partial charge is 0.0645 e. The molecule has 3 nitrogen and oxygen atoms in total. The zero-order valence-electron chi connectivity index (χ0n) is 11.2. The fourth-order valence-electron chi connectivity index (χ4n) is 2.44. The van der Waals surface area contributed by atoms with Crippen LogP contribution in [0.25, 0.3) is 0 Å². The van der Waals surface area contributed by atoms with Crippen LogP contribution in [0.3, 0.4) is 0 Å². The highest BCUT2D eigenvalue weighted by molar-refractivity contribution is 5.15. The molecular weight excluding hydrogens is 224 g/mol. The van der Waals surface area contributed by atoms with E-state index in [0.29, 0.717) is 0 Å². The van der Waals surface area contributed by atoms with Crippen LogP contribution in [-0.4, -0.2) is 31.3 Å². The molecule has 1 heterocycles. The van der Waals surface area contributed by atoms with Gasteiger partial charge in [0, 0.05) is 24.7 Å². The van der Waals surface area contributed by atoms with E-state index in [9.17, 15) is 0 Å². The van der Waals surface area contributed by atoms with Gasteiger partial charge in [-0.2, -0.15) is 0 Å². The van der Waals surface area contributed by atoms with Gasteiger partial charge in [0.1, 0.15) is 0 Å².